The van der Waals surface area contributed by atoms with E-state index >= 15 is 0 Å². The van der Waals surface area contributed by atoms with Crippen molar-refractivity contribution in [3.63, 3.8) is 0 Å². The van der Waals surface area contributed by atoms with Gasteiger partial charge in [0.15, 0.2) is 0 Å². The number of rotatable bonds is 0. The minimum atomic E-state index is -2.51. The minimum absolute atomic E-state index is 1.75. The van der Waals surface area contributed by atoms with Crippen LogP contribution in [-0.2, 0) is 4.47 Å². The van der Waals surface area contributed by atoms with Gasteiger partial charge in [0.05, 0.1) is 10.2 Å². The van der Waals surface area contributed by atoms with Gasteiger partial charge >= 0.3 is 32.3 Å². The average Bonchev–Trinajstić information content (AvgIpc) is 2.09. The van der Waals surface area contributed by atoms with Crippen LogP contribution in [0.3, 0.4) is 0 Å². The van der Waals surface area contributed by atoms with E-state index in [2.05, 4.69) is 11.8 Å². The van der Waals surface area contributed by atoms with E-state index in [-0.39, 0.29) is 0 Å². The quantitative estimate of drug-likeness (QED) is 0.225. The Labute approximate surface area is 95.4 Å². The second-order valence-electron chi connectivity index (χ2n) is 0.531. The predicted molar refractivity (Wildman–Crippen MR) is 34.0 cm³/mol. The summed E-state index contributed by atoms with van der Waals surface area (Å²) in [6.45, 7) is 0. The Balaban J connectivity index is -0.0000000289. The van der Waals surface area contributed by atoms with Crippen molar-refractivity contribution in [3.05, 3.63) is 30.6 Å². The summed E-state index contributed by atoms with van der Waals surface area (Å²) in [6.07, 6.45) is 0. The third-order valence-corrected chi connectivity index (χ3v) is 0. The van der Waals surface area contributed by atoms with E-state index in [1.165, 1.54) is 0 Å². The normalized spacial score (nSPS) is 4.53. The predicted octanol–water partition coefficient (Wildman–Crippen LogP) is -2.05. The first-order valence-electron chi connectivity index (χ1n) is 2.02. The molecule has 0 amide bonds. The monoisotopic (exact) mass is 460 g/mol. The third kappa shape index (κ3) is 1250. The van der Waals surface area contributed by atoms with Gasteiger partial charge in [-0.25, -0.2) is 11.8 Å². The molecular weight excluding hydrogens is 454 g/mol. The molecule has 0 heterocycles. The molecule has 0 aliphatic rings. The molecule has 0 radical (unpaired) electrons. The van der Waals surface area contributed by atoms with Crippen LogP contribution in [-0.4, -0.2) is 20.6 Å². The maximum atomic E-state index is 8.58. The van der Waals surface area contributed by atoms with Crippen molar-refractivity contribution in [3.8, 4) is 0 Å². The van der Waals surface area contributed by atoms with Crippen LogP contribution >= 0.6 is 0 Å². The standard InChI is InChI=1S/2NO3.2H3NO.2O.U/c2*2-1(3)4;2*1-2;;;/h;;2*2H,1H2;;;/q2*-1;;;;;+2. The van der Waals surface area contributed by atoms with Gasteiger partial charge in [0.1, 0.15) is 0 Å². The molecule has 0 aromatic rings. The summed E-state index contributed by atoms with van der Waals surface area (Å²) < 4.78 is 17.2. The molecule has 6 N–H and O–H groups in total. The molecule has 0 fully saturated rings. The Morgan fingerprint density at radius 2 is 0.800 bits per heavy atom. The topological polar surface area (TPSA) is 259 Å². The van der Waals surface area contributed by atoms with Crippen molar-refractivity contribution in [1.82, 2.24) is 0 Å². The summed E-state index contributed by atoms with van der Waals surface area (Å²) in [5, 5.41) is 42.5. The van der Waals surface area contributed by atoms with Crippen molar-refractivity contribution in [2.24, 2.45) is 11.8 Å². The molecule has 0 rings (SSSR count). The molecule has 0 spiro atoms. The Bertz CT molecular complexity index is 130. The van der Waals surface area contributed by atoms with Crippen LogP contribution in [0.5, 0.6) is 0 Å². The Morgan fingerprint density at radius 1 is 0.800 bits per heavy atom. The molecule has 0 aromatic heterocycles. The number of hydrogen-bond acceptors (Lipinski definition) is 12. The Morgan fingerprint density at radius 3 is 0.800 bits per heavy atom. The Kier molecular flexibility index (Phi) is 102. The second-order valence-corrected chi connectivity index (χ2v) is 1.22. The van der Waals surface area contributed by atoms with Gasteiger partial charge in [-0.3, -0.25) is 0 Å². The maximum absolute atomic E-state index is 8.58. The van der Waals surface area contributed by atoms with Gasteiger partial charge in [0.2, 0.25) is 0 Å². The van der Waals surface area contributed by atoms with Crippen LogP contribution in [0.15, 0.2) is 0 Å². The summed E-state index contributed by atoms with van der Waals surface area (Å²) in [6, 6.07) is 0. The van der Waals surface area contributed by atoms with Gasteiger partial charge in [0, 0.05) is 0 Å². The van der Waals surface area contributed by atoms with Crippen molar-refractivity contribution < 1.29 is 52.9 Å². The van der Waals surface area contributed by atoms with Gasteiger partial charge in [0.25, 0.3) is 0 Å². The molecule has 0 aliphatic heterocycles. The van der Waals surface area contributed by atoms with E-state index < -0.39 is 38.0 Å². The van der Waals surface area contributed by atoms with Crippen LogP contribution in [0.25, 0.3) is 0 Å². The molecule has 90 valence electrons. The molecule has 0 saturated heterocycles. The average molecular weight is 460 g/mol. The summed E-state index contributed by atoms with van der Waals surface area (Å²) in [5.41, 5.74) is 0. The van der Waals surface area contributed by atoms with Crippen molar-refractivity contribution >= 4 is 0 Å². The van der Waals surface area contributed by atoms with E-state index in [1.807, 2.05) is 0 Å². The van der Waals surface area contributed by atoms with Crippen LogP contribution in [0, 0.1) is 58.5 Å². The summed E-state index contributed by atoms with van der Waals surface area (Å²) in [7, 11) is 0. The molecule has 0 aromatic carbocycles. The van der Waals surface area contributed by atoms with E-state index in [1.54, 1.807) is 0 Å². The molecule has 0 aliphatic carbocycles. The molecular formula is H6N4O10U. The van der Waals surface area contributed by atoms with Crippen LogP contribution in [0.4, 0.5) is 0 Å². The third-order valence-electron chi connectivity index (χ3n) is 0. The van der Waals surface area contributed by atoms with E-state index in [9.17, 15) is 0 Å². The van der Waals surface area contributed by atoms with E-state index in [4.69, 9.17) is 45.5 Å². The zero-order valence-corrected chi connectivity index (χ0v) is 10.9. The fourth-order valence-corrected chi connectivity index (χ4v) is 0. The van der Waals surface area contributed by atoms with Gasteiger partial charge in [-0.05, 0) is 0 Å². The van der Waals surface area contributed by atoms with Crippen molar-refractivity contribution in [2.45, 2.75) is 0 Å². The first-order chi connectivity index (χ1) is 6.88. The molecule has 14 nitrogen and oxygen atoms in total. The van der Waals surface area contributed by atoms with Gasteiger partial charge in [-0.2, -0.15) is 0 Å². The first kappa shape index (κ1) is 29.2. The molecule has 0 bridgehead atoms. The molecule has 0 atom stereocenters. The van der Waals surface area contributed by atoms with Crippen molar-refractivity contribution in [2.75, 3.05) is 0 Å². The Hall–Kier alpha value is -1.11. The SMILES string of the molecule is NO.NO.O=[N+]([O-])[O-].O=[N+]([O-])[O-].[O]=[U+2]=[O]. The van der Waals surface area contributed by atoms with E-state index in [0.29, 0.717) is 0 Å². The fourth-order valence-electron chi connectivity index (χ4n) is 0. The van der Waals surface area contributed by atoms with Gasteiger partial charge in [-0.1, -0.05) is 0 Å². The van der Waals surface area contributed by atoms with Gasteiger partial charge in [-0.15, -0.1) is 0 Å². The molecule has 15 heteroatoms. The molecule has 0 saturated carbocycles. The number of nitrogens with zero attached hydrogens (tertiary/aromatic N) is 2. The van der Waals surface area contributed by atoms with Crippen LogP contribution in [0.1, 0.15) is 0 Å². The molecule has 15 heavy (non-hydrogen) atoms. The summed E-state index contributed by atoms with van der Waals surface area (Å²) in [5.74, 6) is 7.00. The van der Waals surface area contributed by atoms with Crippen molar-refractivity contribution in [1.29, 1.82) is 0 Å². The number of hydrogen-bond donors (Lipinski definition) is 4. The zero-order chi connectivity index (χ0) is 13.9. The van der Waals surface area contributed by atoms with Gasteiger partial charge < -0.3 is 41.1 Å². The van der Waals surface area contributed by atoms with Crippen LogP contribution < -0.4 is 11.8 Å². The molecule has 0 unspecified atom stereocenters. The summed E-state index contributed by atoms with van der Waals surface area (Å²) in [4.78, 5) is 16.5. The summed E-state index contributed by atoms with van der Waals surface area (Å²) >= 11 is -2.51. The van der Waals surface area contributed by atoms with E-state index in [0.717, 1.165) is 0 Å². The zero-order valence-electron chi connectivity index (χ0n) is 6.71. The fraction of sp³-hybridized carbons (Fsp3) is 0. The first-order valence-corrected chi connectivity index (χ1v) is 5.42. The van der Waals surface area contributed by atoms with Crippen LogP contribution in [0.2, 0.25) is 0 Å². The second kappa shape index (κ2) is 52.5. The number of nitrogens with two attached hydrogens (primary N) is 2.